The van der Waals surface area contributed by atoms with Crippen LogP contribution in [0.15, 0.2) is 23.1 Å². The average Bonchev–Trinajstić information content (AvgIpc) is 2.79. The van der Waals surface area contributed by atoms with E-state index in [1.54, 1.807) is 17.0 Å². The molecule has 0 spiro atoms. The number of anilines is 1. The number of benzene rings is 1. The molecule has 102 valence electrons. The molecule has 0 bridgehead atoms. The van der Waals surface area contributed by atoms with Crippen LogP contribution in [0.1, 0.15) is 12.5 Å². The van der Waals surface area contributed by atoms with E-state index in [0.717, 1.165) is 11.3 Å². The van der Waals surface area contributed by atoms with Gasteiger partial charge in [0.05, 0.1) is 11.4 Å². The molecular formula is C12H14N2O4S. The smallest absolute Gasteiger partial charge is 0.240 e. The third-order valence-electron chi connectivity index (χ3n) is 2.99. The van der Waals surface area contributed by atoms with E-state index in [1.165, 1.54) is 13.0 Å². The Kier molecular flexibility index (Phi) is 3.68. The first kappa shape index (κ1) is 13.7. The van der Waals surface area contributed by atoms with Gasteiger partial charge in [0.1, 0.15) is 6.29 Å². The normalized spacial score (nSPS) is 14.3. The predicted octanol–water partition coefficient (Wildman–Crippen LogP) is 0.0728. The van der Waals surface area contributed by atoms with E-state index in [2.05, 4.69) is 4.72 Å². The maximum absolute atomic E-state index is 11.9. The highest BCUT2D eigenvalue weighted by Crippen LogP contribution is 2.30. The zero-order chi connectivity index (χ0) is 14.0. The first-order chi connectivity index (χ1) is 8.95. The summed E-state index contributed by atoms with van der Waals surface area (Å²) in [5.41, 5.74) is 1.58. The number of nitrogens with one attached hydrogen (secondary N) is 1. The zero-order valence-corrected chi connectivity index (χ0v) is 11.2. The van der Waals surface area contributed by atoms with E-state index in [-0.39, 0.29) is 17.3 Å². The molecule has 0 aliphatic carbocycles. The second-order valence-corrected chi connectivity index (χ2v) is 6.00. The maximum atomic E-state index is 11.9. The lowest BCUT2D eigenvalue weighted by molar-refractivity contribution is -0.116. The third-order valence-corrected chi connectivity index (χ3v) is 4.41. The van der Waals surface area contributed by atoms with Crippen molar-refractivity contribution in [1.29, 1.82) is 0 Å². The summed E-state index contributed by atoms with van der Waals surface area (Å²) in [5, 5.41) is 0. The van der Waals surface area contributed by atoms with E-state index >= 15 is 0 Å². The van der Waals surface area contributed by atoms with Gasteiger partial charge in [-0.05, 0) is 30.2 Å². The van der Waals surface area contributed by atoms with Crippen molar-refractivity contribution in [2.45, 2.75) is 18.2 Å². The number of hydrogen-bond donors (Lipinski definition) is 1. The summed E-state index contributed by atoms with van der Waals surface area (Å²) in [6.07, 6.45) is 1.12. The molecule has 0 fully saturated rings. The topological polar surface area (TPSA) is 83.6 Å². The quantitative estimate of drug-likeness (QED) is 0.792. The van der Waals surface area contributed by atoms with Crippen molar-refractivity contribution in [1.82, 2.24) is 4.72 Å². The zero-order valence-electron chi connectivity index (χ0n) is 10.4. The van der Waals surface area contributed by atoms with Crippen LogP contribution < -0.4 is 9.62 Å². The van der Waals surface area contributed by atoms with Gasteiger partial charge in [-0.1, -0.05) is 0 Å². The van der Waals surface area contributed by atoms with Gasteiger partial charge in [-0.3, -0.25) is 4.79 Å². The van der Waals surface area contributed by atoms with Gasteiger partial charge in [0.2, 0.25) is 15.9 Å². The lowest BCUT2D eigenvalue weighted by Gasteiger charge is -2.14. The molecule has 19 heavy (non-hydrogen) atoms. The molecular weight excluding hydrogens is 268 g/mol. The van der Waals surface area contributed by atoms with E-state index in [9.17, 15) is 18.0 Å². The molecule has 7 heteroatoms. The van der Waals surface area contributed by atoms with Crippen molar-refractivity contribution in [3.05, 3.63) is 23.8 Å². The summed E-state index contributed by atoms with van der Waals surface area (Å²) < 4.78 is 25.9. The Morgan fingerprint density at radius 1 is 1.47 bits per heavy atom. The molecule has 1 aliphatic heterocycles. The van der Waals surface area contributed by atoms with Crippen molar-refractivity contribution in [2.75, 3.05) is 18.0 Å². The Balaban J connectivity index is 2.33. The first-order valence-electron chi connectivity index (χ1n) is 5.80. The van der Waals surface area contributed by atoms with Gasteiger partial charge in [0.15, 0.2) is 0 Å². The van der Waals surface area contributed by atoms with Crippen molar-refractivity contribution >= 4 is 27.9 Å². The number of carbonyl (C=O) groups excluding carboxylic acids is 2. The molecule has 0 atom stereocenters. The summed E-state index contributed by atoms with van der Waals surface area (Å²) in [5.74, 6) is -0.0616. The fourth-order valence-electron chi connectivity index (χ4n) is 2.10. The van der Waals surface area contributed by atoms with Crippen LogP contribution >= 0.6 is 0 Å². The molecule has 0 radical (unpaired) electrons. The minimum Gasteiger partial charge on any atom is -0.312 e. The second-order valence-electron chi connectivity index (χ2n) is 4.23. The maximum Gasteiger partial charge on any atom is 0.240 e. The molecule has 0 unspecified atom stereocenters. The van der Waals surface area contributed by atoms with Gasteiger partial charge >= 0.3 is 0 Å². The van der Waals surface area contributed by atoms with Crippen LogP contribution in [0.25, 0.3) is 0 Å². The largest absolute Gasteiger partial charge is 0.312 e. The van der Waals surface area contributed by atoms with E-state index < -0.39 is 10.0 Å². The van der Waals surface area contributed by atoms with Gasteiger partial charge in [-0.2, -0.15) is 0 Å². The highest BCUT2D eigenvalue weighted by atomic mass is 32.2. The van der Waals surface area contributed by atoms with Gasteiger partial charge < -0.3 is 9.69 Å². The summed E-state index contributed by atoms with van der Waals surface area (Å²) >= 11 is 0. The minimum absolute atomic E-state index is 0.0616. The van der Waals surface area contributed by atoms with Crippen LogP contribution in [0.5, 0.6) is 0 Å². The first-order valence-corrected chi connectivity index (χ1v) is 7.28. The molecule has 1 aromatic rings. The molecule has 6 nitrogen and oxygen atoms in total. The highest BCUT2D eigenvalue weighted by molar-refractivity contribution is 7.89. The second kappa shape index (κ2) is 5.10. The fourth-order valence-corrected chi connectivity index (χ4v) is 3.10. The number of carbonyl (C=O) groups is 2. The summed E-state index contributed by atoms with van der Waals surface area (Å²) in [7, 11) is -3.67. The molecule has 1 aromatic carbocycles. The highest BCUT2D eigenvalue weighted by Gasteiger charge is 2.24. The van der Waals surface area contributed by atoms with Crippen molar-refractivity contribution in [3.8, 4) is 0 Å². The van der Waals surface area contributed by atoms with Crippen LogP contribution in [0.3, 0.4) is 0 Å². The van der Waals surface area contributed by atoms with Crippen LogP contribution in [0.2, 0.25) is 0 Å². The third kappa shape index (κ3) is 2.66. The Bertz CT molecular complexity index is 625. The monoisotopic (exact) mass is 282 g/mol. The lowest BCUT2D eigenvalue weighted by Crippen LogP contribution is -2.26. The molecule has 0 aromatic heterocycles. The van der Waals surface area contributed by atoms with E-state index in [0.29, 0.717) is 19.3 Å². The SMILES string of the molecule is CC(=O)N1CCc2cc(S(=O)(=O)NCC=O)ccc21. The number of fused-ring (bicyclic) bond motifs is 1. The van der Waals surface area contributed by atoms with Crippen LogP contribution in [0.4, 0.5) is 5.69 Å². The molecule has 1 amide bonds. The summed E-state index contributed by atoms with van der Waals surface area (Å²) in [4.78, 5) is 23.3. The number of aldehydes is 1. The Hall–Kier alpha value is -1.73. The predicted molar refractivity (Wildman–Crippen MR) is 69.4 cm³/mol. The Morgan fingerprint density at radius 3 is 2.84 bits per heavy atom. The van der Waals surface area contributed by atoms with Crippen LogP contribution in [-0.4, -0.2) is 33.7 Å². The van der Waals surface area contributed by atoms with Gasteiger partial charge in [-0.25, -0.2) is 13.1 Å². The van der Waals surface area contributed by atoms with Gasteiger partial charge in [-0.15, -0.1) is 0 Å². The number of rotatable bonds is 4. The molecule has 0 saturated carbocycles. The summed E-state index contributed by atoms with van der Waals surface area (Å²) in [6, 6.07) is 4.61. The van der Waals surface area contributed by atoms with Crippen LogP contribution in [-0.2, 0) is 26.0 Å². The lowest BCUT2D eigenvalue weighted by atomic mass is 10.2. The Morgan fingerprint density at radius 2 is 2.21 bits per heavy atom. The summed E-state index contributed by atoms with van der Waals surface area (Å²) in [6.45, 7) is 1.79. The fraction of sp³-hybridized carbons (Fsp3) is 0.333. The van der Waals surface area contributed by atoms with Gasteiger partial charge in [0.25, 0.3) is 0 Å². The van der Waals surface area contributed by atoms with Crippen molar-refractivity contribution in [3.63, 3.8) is 0 Å². The molecule has 1 heterocycles. The van der Waals surface area contributed by atoms with E-state index in [1.807, 2.05) is 0 Å². The van der Waals surface area contributed by atoms with Gasteiger partial charge in [0, 0.05) is 19.2 Å². The standard InChI is InChI=1S/C12H14N2O4S/c1-9(16)14-6-4-10-8-11(2-3-12(10)14)19(17,18)13-5-7-15/h2-3,7-8,13H,4-6H2,1H3. The average molecular weight is 282 g/mol. The number of nitrogens with zero attached hydrogens (tertiary/aromatic N) is 1. The van der Waals surface area contributed by atoms with Crippen LogP contribution in [0, 0.1) is 0 Å². The molecule has 0 saturated heterocycles. The molecule has 1 aliphatic rings. The molecule has 2 rings (SSSR count). The number of hydrogen-bond acceptors (Lipinski definition) is 4. The number of sulfonamides is 1. The van der Waals surface area contributed by atoms with Crippen molar-refractivity contribution in [2.24, 2.45) is 0 Å². The van der Waals surface area contributed by atoms with Crippen molar-refractivity contribution < 1.29 is 18.0 Å². The molecule has 1 N–H and O–H groups in total. The van der Waals surface area contributed by atoms with E-state index in [4.69, 9.17) is 0 Å². The Labute approximate surface area is 111 Å². The number of amides is 1. The minimum atomic E-state index is -3.67.